The van der Waals surface area contributed by atoms with Crippen molar-refractivity contribution >= 4 is 28.7 Å². The first-order valence-electron chi connectivity index (χ1n) is 8.12. The first-order chi connectivity index (χ1) is 11.7. The van der Waals surface area contributed by atoms with Gasteiger partial charge in [0, 0.05) is 24.6 Å². The molecule has 0 bridgehead atoms. The third-order valence-electron chi connectivity index (χ3n) is 4.02. The molecule has 1 fully saturated rings. The number of ether oxygens (including phenoxy) is 1. The lowest BCUT2D eigenvalue weighted by atomic mass is 10.2. The smallest absolute Gasteiger partial charge is 0.169 e. The SMILES string of the molecule is Fc1ccc(CNC(=S)N(Cc2cccs2)C[C@@H]2CCCO2)cc1. The van der Waals surface area contributed by atoms with Crippen molar-refractivity contribution in [1.82, 2.24) is 10.2 Å². The molecule has 0 unspecified atom stereocenters. The van der Waals surface area contributed by atoms with Gasteiger partial charge in [-0.25, -0.2) is 4.39 Å². The summed E-state index contributed by atoms with van der Waals surface area (Å²) in [5, 5.41) is 6.08. The van der Waals surface area contributed by atoms with E-state index >= 15 is 0 Å². The Bertz CT molecular complexity index is 640. The molecule has 1 aliphatic heterocycles. The van der Waals surface area contributed by atoms with Gasteiger partial charge in [-0.3, -0.25) is 0 Å². The fourth-order valence-electron chi connectivity index (χ4n) is 2.74. The lowest BCUT2D eigenvalue weighted by Gasteiger charge is -2.28. The largest absolute Gasteiger partial charge is 0.376 e. The van der Waals surface area contributed by atoms with Crippen molar-refractivity contribution in [3.05, 3.63) is 58.0 Å². The molecule has 24 heavy (non-hydrogen) atoms. The number of hydrogen-bond acceptors (Lipinski definition) is 3. The van der Waals surface area contributed by atoms with Crippen LogP contribution in [-0.2, 0) is 17.8 Å². The van der Waals surface area contributed by atoms with Crippen molar-refractivity contribution in [3.8, 4) is 0 Å². The molecule has 1 aromatic carbocycles. The Morgan fingerprint density at radius 2 is 2.17 bits per heavy atom. The van der Waals surface area contributed by atoms with E-state index in [0.717, 1.165) is 38.1 Å². The Hall–Kier alpha value is -1.50. The molecule has 2 aromatic rings. The summed E-state index contributed by atoms with van der Waals surface area (Å²) in [6.45, 7) is 3.01. The third-order valence-corrected chi connectivity index (χ3v) is 5.28. The summed E-state index contributed by atoms with van der Waals surface area (Å²) >= 11 is 7.33. The second-order valence-corrected chi connectivity index (χ2v) is 7.30. The Labute approximate surface area is 151 Å². The molecule has 3 rings (SSSR count). The van der Waals surface area contributed by atoms with Gasteiger partial charge in [0.1, 0.15) is 5.82 Å². The lowest BCUT2D eigenvalue weighted by molar-refractivity contribution is 0.0899. The van der Waals surface area contributed by atoms with Gasteiger partial charge in [0.05, 0.1) is 12.6 Å². The molecular weight excluding hydrogens is 343 g/mol. The summed E-state index contributed by atoms with van der Waals surface area (Å²) < 4.78 is 18.7. The monoisotopic (exact) mass is 364 g/mol. The van der Waals surface area contributed by atoms with Crippen molar-refractivity contribution in [2.75, 3.05) is 13.2 Å². The molecule has 0 saturated carbocycles. The fourth-order valence-corrected chi connectivity index (χ4v) is 3.67. The highest BCUT2D eigenvalue weighted by atomic mass is 32.1. The van der Waals surface area contributed by atoms with Crippen molar-refractivity contribution < 1.29 is 9.13 Å². The quantitative estimate of drug-likeness (QED) is 0.785. The van der Waals surface area contributed by atoms with E-state index in [0.29, 0.717) is 11.7 Å². The van der Waals surface area contributed by atoms with Crippen LogP contribution in [0.15, 0.2) is 41.8 Å². The average molecular weight is 365 g/mol. The number of benzene rings is 1. The van der Waals surface area contributed by atoms with Gasteiger partial charge in [-0.1, -0.05) is 18.2 Å². The van der Waals surface area contributed by atoms with Crippen LogP contribution in [0.25, 0.3) is 0 Å². The zero-order chi connectivity index (χ0) is 16.8. The molecule has 3 nitrogen and oxygen atoms in total. The minimum Gasteiger partial charge on any atom is -0.376 e. The highest BCUT2D eigenvalue weighted by Crippen LogP contribution is 2.17. The van der Waals surface area contributed by atoms with Crippen LogP contribution in [0.4, 0.5) is 4.39 Å². The van der Waals surface area contributed by atoms with E-state index in [4.69, 9.17) is 17.0 Å². The maximum Gasteiger partial charge on any atom is 0.169 e. The number of thiophene rings is 1. The molecule has 1 aromatic heterocycles. The van der Waals surface area contributed by atoms with Crippen LogP contribution in [-0.4, -0.2) is 29.3 Å². The zero-order valence-corrected chi connectivity index (χ0v) is 15.0. The summed E-state index contributed by atoms with van der Waals surface area (Å²) in [4.78, 5) is 3.44. The maximum atomic E-state index is 13.0. The average Bonchev–Trinajstić information content (AvgIpc) is 3.27. The van der Waals surface area contributed by atoms with Gasteiger partial charge in [-0.05, 0) is 54.2 Å². The van der Waals surface area contributed by atoms with Gasteiger partial charge in [0.25, 0.3) is 0 Å². The predicted molar refractivity (Wildman–Crippen MR) is 99.5 cm³/mol. The van der Waals surface area contributed by atoms with Gasteiger partial charge in [0.15, 0.2) is 5.11 Å². The molecule has 1 saturated heterocycles. The van der Waals surface area contributed by atoms with Gasteiger partial charge in [0.2, 0.25) is 0 Å². The summed E-state index contributed by atoms with van der Waals surface area (Å²) in [7, 11) is 0. The highest BCUT2D eigenvalue weighted by Gasteiger charge is 2.21. The van der Waals surface area contributed by atoms with Crippen LogP contribution in [0.2, 0.25) is 0 Å². The van der Waals surface area contributed by atoms with Crippen LogP contribution < -0.4 is 5.32 Å². The summed E-state index contributed by atoms with van der Waals surface area (Å²) in [5.74, 6) is -0.223. The van der Waals surface area contributed by atoms with Crippen LogP contribution >= 0.6 is 23.6 Å². The van der Waals surface area contributed by atoms with E-state index in [1.54, 1.807) is 23.5 Å². The van der Waals surface area contributed by atoms with Crippen molar-refractivity contribution in [1.29, 1.82) is 0 Å². The minimum atomic E-state index is -0.223. The normalized spacial score (nSPS) is 17.0. The van der Waals surface area contributed by atoms with E-state index in [1.165, 1.54) is 17.0 Å². The molecule has 0 amide bonds. The zero-order valence-electron chi connectivity index (χ0n) is 13.4. The second kappa shape index (κ2) is 8.55. The molecular formula is C18H21FN2OS2. The topological polar surface area (TPSA) is 24.5 Å². The van der Waals surface area contributed by atoms with E-state index in [2.05, 4.69) is 27.7 Å². The van der Waals surface area contributed by atoms with Crippen molar-refractivity contribution in [2.24, 2.45) is 0 Å². The molecule has 128 valence electrons. The Morgan fingerprint density at radius 1 is 1.33 bits per heavy atom. The van der Waals surface area contributed by atoms with E-state index in [1.807, 2.05) is 0 Å². The van der Waals surface area contributed by atoms with Gasteiger partial charge in [-0.2, -0.15) is 0 Å². The standard InChI is InChI=1S/C18H21FN2OS2/c19-15-7-5-14(6-8-15)11-20-18(23)21(12-16-3-1-9-22-16)13-17-4-2-10-24-17/h2,4-8,10,16H,1,3,9,11-13H2,(H,20,23)/t16-/m0/s1. The van der Waals surface area contributed by atoms with E-state index in [9.17, 15) is 4.39 Å². The first-order valence-corrected chi connectivity index (χ1v) is 9.41. The maximum absolute atomic E-state index is 13.0. The van der Waals surface area contributed by atoms with Gasteiger partial charge >= 0.3 is 0 Å². The Kier molecular flexibility index (Phi) is 6.18. The molecule has 6 heteroatoms. The summed E-state index contributed by atoms with van der Waals surface area (Å²) in [6.07, 6.45) is 2.45. The van der Waals surface area contributed by atoms with Crippen LogP contribution in [0, 0.1) is 5.82 Å². The van der Waals surface area contributed by atoms with E-state index < -0.39 is 0 Å². The molecule has 0 radical (unpaired) electrons. The fraction of sp³-hybridized carbons (Fsp3) is 0.389. The van der Waals surface area contributed by atoms with Crippen molar-refractivity contribution in [3.63, 3.8) is 0 Å². The summed E-state index contributed by atoms with van der Waals surface area (Å²) in [5.41, 5.74) is 1.01. The van der Waals surface area contributed by atoms with E-state index in [-0.39, 0.29) is 11.9 Å². The second-order valence-electron chi connectivity index (χ2n) is 5.88. The van der Waals surface area contributed by atoms with Crippen LogP contribution in [0.1, 0.15) is 23.3 Å². The third kappa shape index (κ3) is 5.00. The number of halogens is 1. The molecule has 1 aliphatic rings. The lowest BCUT2D eigenvalue weighted by Crippen LogP contribution is -2.42. The van der Waals surface area contributed by atoms with Gasteiger partial charge < -0.3 is 15.0 Å². The number of rotatable bonds is 6. The van der Waals surface area contributed by atoms with Gasteiger partial charge in [-0.15, -0.1) is 11.3 Å². The minimum absolute atomic E-state index is 0.223. The molecule has 0 spiro atoms. The van der Waals surface area contributed by atoms with Crippen molar-refractivity contribution in [2.45, 2.75) is 32.0 Å². The number of hydrogen-bond donors (Lipinski definition) is 1. The Balaban J connectivity index is 1.59. The molecule has 2 heterocycles. The number of thiocarbonyl (C=S) groups is 1. The Morgan fingerprint density at radius 3 is 2.83 bits per heavy atom. The number of nitrogens with one attached hydrogen (secondary N) is 1. The first kappa shape index (κ1) is 17.3. The number of nitrogens with zero attached hydrogens (tertiary/aromatic N) is 1. The highest BCUT2D eigenvalue weighted by molar-refractivity contribution is 7.80. The molecule has 1 N–H and O–H groups in total. The van der Waals surface area contributed by atoms with Crippen LogP contribution in [0.3, 0.4) is 0 Å². The molecule has 1 atom stereocenters. The van der Waals surface area contributed by atoms with Crippen LogP contribution in [0.5, 0.6) is 0 Å². The predicted octanol–water partition coefficient (Wildman–Crippen LogP) is 3.94. The summed E-state index contributed by atoms with van der Waals surface area (Å²) in [6, 6.07) is 10.7. The molecule has 0 aliphatic carbocycles.